The number of fused-ring (bicyclic) bond motifs is 1. The van der Waals surface area contributed by atoms with Crippen molar-refractivity contribution < 1.29 is 0 Å². The summed E-state index contributed by atoms with van der Waals surface area (Å²) in [5.41, 5.74) is 4.27. The van der Waals surface area contributed by atoms with Gasteiger partial charge in [-0.3, -0.25) is 4.98 Å². The Labute approximate surface area is 85.2 Å². The topological polar surface area (TPSA) is 28.7 Å². The van der Waals surface area contributed by atoms with Crippen molar-refractivity contribution in [2.45, 2.75) is 0 Å². The van der Waals surface area contributed by atoms with Crippen molar-refractivity contribution in [3.8, 4) is 10.4 Å². The molecule has 0 fully saturated rings. The summed E-state index contributed by atoms with van der Waals surface area (Å²) >= 11 is 1.66. The standard InChI is InChI=1S/C11H8N2S/c1-2-4-10-8(3-1)9(5-13-10)11-6-12-7-14-11/h1-7,13H. The third kappa shape index (κ3) is 1.06. The van der Waals surface area contributed by atoms with E-state index < -0.39 is 0 Å². The first-order valence-electron chi connectivity index (χ1n) is 4.40. The normalized spacial score (nSPS) is 10.9. The van der Waals surface area contributed by atoms with E-state index in [9.17, 15) is 0 Å². The minimum atomic E-state index is 1.18. The molecule has 0 atom stereocenters. The van der Waals surface area contributed by atoms with E-state index in [1.807, 2.05) is 24.0 Å². The molecule has 0 aliphatic carbocycles. The summed E-state index contributed by atoms with van der Waals surface area (Å²) in [5.74, 6) is 0. The van der Waals surface area contributed by atoms with Crippen LogP contribution < -0.4 is 0 Å². The van der Waals surface area contributed by atoms with Gasteiger partial charge in [0.2, 0.25) is 0 Å². The summed E-state index contributed by atoms with van der Waals surface area (Å²) in [6.45, 7) is 0. The number of nitrogens with one attached hydrogen (secondary N) is 1. The summed E-state index contributed by atoms with van der Waals surface area (Å²) in [6.07, 6.45) is 3.94. The fourth-order valence-corrected chi connectivity index (χ4v) is 2.28. The van der Waals surface area contributed by atoms with Crippen molar-refractivity contribution in [1.29, 1.82) is 0 Å². The number of nitrogens with zero attached hydrogens (tertiary/aromatic N) is 1. The van der Waals surface area contributed by atoms with E-state index >= 15 is 0 Å². The van der Waals surface area contributed by atoms with E-state index in [-0.39, 0.29) is 0 Å². The molecule has 2 heterocycles. The lowest BCUT2D eigenvalue weighted by Gasteiger charge is -1.92. The van der Waals surface area contributed by atoms with Crippen molar-refractivity contribution in [1.82, 2.24) is 9.97 Å². The van der Waals surface area contributed by atoms with Gasteiger partial charge >= 0.3 is 0 Å². The molecule has 0 amide bonds. The van der Waals surface area contributed by atoms with Crippen LogP contribution in [0.3, 0.4) is 0 Å². The maximum absolute atomic E-state index is 4.09. The zero-order valence-electron chi connectivity index (χ0n) is 7.40. The molecule has 3 aromatic rings. The molecule has 0 aliphatic heterocycles. The maximum atomic E-state index is 4.09. The number of para-hydroxylation sites is 1. The molecule has 0 spiro atoms. The summed E-state index contributed by atoms with van der Waals surface area (Å²) in [5, 5.41) is 1.26. The summed E-state index contributed by atoms with van der Waals surface area (Å²) in [4.78, 5) is 8.56. The Morgan fingerprint density at radius 1 is 1.21 bits per heavy atom. The van der Waals surface area contributed by atoms with Crippen molar-refractivity contribution in [3.63, 3.8) is 0 Å². The van der Waals surface area contributed by atoms with Crippen molar-refractivity contribution in [2.75, 3.05) is 0 Å². The Hall–Kier alpha value is -1.61. The molecule has 2 aromatic heterocycles. The molecule has 2 nitrogen and oxygen atoms in total. The van der Waals surface area contributed by atoms with E-state index in [4.69, 9.17) is 0 Å². The molecule has 3 rings (SSSR count). The minimum absolute atomic E-state index is 1.18. The first-order chi connectivity index (χ1) is 6.95. The number of benzene rings is 1. The van der Waals surface area contributed by atoms with Crippen LogP contribution in [0.15, 0.2) is 42.2 Å². The van der Waals surface area contributed by atoms with E-state index in [1.54, 1.807) is 11.3 Å². The Bertz CT molecular complexity index is 551. The molecule has 0 aliphatic rings. The average molecular weight is 200 g/mol. The zero-order valence-corrected chi connectivity index (χ0v) is 8.21. The predicted octanol–water partition coefficient (Wildman–Crippen LogP) is 3.29. The lowest BCUT2D eigenvalue weighted by molar-refractivity contribution is 1.42. The highest BCUT2D eigenvalue weighted by Crippen LogP contribution is 2.30. The quantitative estimate of drug-likeness (QED) is 0.641. The molecule has 68 valence electrons. The smallest absolute Gasteiger partial charge is 0.0797 e. The fourth-order valence-electron chi connectivity index (χ4n) is 1.62. The minimum Gasteiger partial charge on any atom is -0.361 e. The monoisotopic (exact) mass is 200 g/mol. The molecule has 0 saturated heterocycles. The average Bonchev–Trinajstić information content (AvgIpc) is 2.85. The van der Waals surface area contributed by atoms with Crippen LogP contribution in [-0.4, -0.2) is 9.97 Å². The molecule has 3 heteroatoms. The molecular formula is C11H8N2S. The molecule has 0 bridgehead atoms. The SMILES string of the molecule is c1ccc2c(-c3cncs3)c[nH]c2c1. The zero-order chi connectivity index (χ0) is 9.38. The van der Waals surface area contributed by atoms with E-state index in [0.29, 0.717) is 0 Å². The van der Waals surface area contributed by atoms with Gasteiger partial charge in [-0.15, -0.1) is 11.3 Å². The molecule has 1 aromatic carbocycles. The molecule has 0 unspecified atom stereocenters. The van der Waals surface area contributed by atoms with Gasteiger partial charge < -0.3 is 4.98 Å². The maximum Gasteiger partial charge on any atom is 0.0797 e. The van der Waals surface area contributed by atoms with Crippen LogP contribution in [0, 0.1) is 0 Å². The number of aromatic amines is 1. The van der Waals surface area contributed by atoms with Gasteiger partial charge in [-0.1, -0.05) is 18.2 Å². The Balaban J connectivity index is 2.33. The number of hydrogen-bond donors (Lipinski definition) is 1. The second-order valence-corrected chi connectivity index (χ2v) is 4.00. The van der Waals surface area contributed by atoms with Crippen LogP contribution in [-0.2, 0) is 0 Å². The molecule has 14 heavy (non-hydrogen) atoms. The third-order valence-corrected chi connectivity index (χ3v) is 3.09. The highest BCUT2D eigenvalue weighted by atomic mass is 32.1. The first kappa shape index (κ1) is 7.76. The molecule has 0 radical (unpaired) electrons. The van der Waals surface area contributed by atoms with Gasteiger partial charge in [-0.25, -0.2) is 0 Å². The Morgan fingerprint density at radius 2 is 2.14 bits per heavy atom. The summed E-state index contributed by atoms with van der Waals surface area (Å²) in [6, 6.07) is 8.30. The van der Waals surface area contributed by atoms with E-state index in [1.165, 1.54) is 21.3 Å². The van der Waals surface area contributed by atoms with Crippen LogP contribution in [0.25, 0.3) is 21.3 Å². The largest absolute Gasteiger partial charge is 0.361 e. The van der Waals surface area contributed by atoms with Gasteiger partial charge in [-0.2, -0.15) is 0 Å². The van der Waals surface area contributed by atoms with E-state index in [0.717, 1.165) is 0 Å². The Morgan fingerprint density at radius 3 is 3.00 bits per heavy atom. The fraction of sp³-hybridized carbons (Fsp3) is 0. The molecule has 1 N–H and O–H groups in total. The van der Waals surface area contributed by atoms with Gasteiger partial charge in [0, 0.05) is 28.9 Å². The second kappa shape index (κ2) is 2.96. The lowest BCUT2D eigenvalue weighted by Crippen LogP contribution is -1.67. The van der Waals surface area contributed by atoms with Crippen LogP contribution in [0.1, 0.15) is 0 Å². The van der Waals surface area contributed by atoms with Crippen molar-refractivity contribution >= 4 is 22.2 Å². The number of H-pyrrole nitrogens is 1. The highest BCUT2D eigenvalue weighted by molar-refractivity contribution is 7.13. The van der Waals surface area contributed by atoms with Crippen LogP contribution in [0.2, 0.25) is 0 Å². The number of rotatable bonds is 1. The molecule has 0 saturated carbocycles. The van der Waals surface area contributed by atoms with Gasteiger partial charge in [0.05, 0.1) is 10.4 Å². The van der Waals surface area contributed by atoms with Gasteiger partial charge in [0.25, 0.3) is 0 Å². The number of hydrogen-bond acceptors (Lipinski definition) is 2. The van der Waals surface area contributed by atoms with Gasteiger partial charge in [0.15, 0.2) is 0 Å². The van der Waals surface area contributed by atoms with Crippen LogP contribution in [0.5, 0.6) is 0 Å². The number of aromatic nitrogens is 2. The van der Waals surface area contributed by atoms with Crippen molar-refractivity contribution in [2.24, 2.45) is 0 Å². The predicted molar refractivity (Wildman–Crippen MR) is 59.4 cm³/mol. The third-order valence-electron chi connectivity index (χ3n) is 2.29. The molecular weight excluding hydrogens is 192 g/mol. The van der Waals surface area contributed by atoms with Crippen LogP contribution in [0.4, 0.5) is 0 Å². The van der Waals surface area contributed by atoms with E-state index in [2.05, 4.69) is 28.2 Å². The summed E-state index contributed by atoms with van der Waals surface area (Å²) in [7, 11) is 0. The highest BCUT2D eigenvalue weighted by Gasteiger charge is 2.05. The summed E-state index contributed by atoms with van der Waals surface area (Å²) < 4.78 is 0. The Kier molecular flexibility index (Phi) is 1.64. The van der Waals surface area contributed by atoms with Crippen molar-refractivity contribution in [3.05, 3.63) is 42.2 Å². The van der Waals surface area contributed by atoms with Gasteiger partial charge in [0.1, 0.15) is 0 Å². The van der Waals surface area contributed by atoms with Gasteiger partial charge in [-0.05, 0) is 6.07 Å². The first-order valence-corrected chi connectivity index (χ1v) is 5.28. The number of thiazole rings is 1. The van der Waals surface area contributed by atoms with Crippen LogP contribution >= 0.6 is 11.3 Å². The second-order valence-electron chi connectivity index (χ2n) is 3.11. The lowest BCUT2D eigenvalue weighted by atomic mass is 10.1.